The molecule has 78 valence electrons. The average Bonchev–Trinajstić information content (AvgIpc) is 2.18. The van der Waals surface area contributed by atoms with E-state index in [4.69, 9.17) is 5.73 Å². The van der Waals surface area contributed by atoms with Gasteiger partial charge in [0.1, 0.15) is 0 Å². The summed E-state index contributed by atoms with van der Waals surface area (Å²) in [4.78, 5) is 0. The molecule has 4 heteroatoms. The van der Waals surface area contributed by atoms with Gasteiger partial charge in [-0.25, -0.2) is 0 Å². The molecule has 0 saturated heterocycles. The van der Waals surface area contributed by atoms with E-state index < -0.39 is 6.10 Å². The molecule has 0 saturated carbocycles. The fourth-order valence-corrected chi connectivity index (χ4v) is 1.55. The summed E-state index contributed by atoms with van der Waals surface area (Å²) in [6.07, 6.45) is -0.480. The summed E-state index contributed by atoms with van der Waals surface area (Å²) in [6.45, 7) is 3.42. The number of hydrogen-bond acceptors (Lipinski definition) is 3. The highest BCUT2D eigenvalue weighted by molar-refractivity contribution is 9.10. The number of aliphatic hydroxyl groups is 1. The third-order valence-electron chi connectivity index (χ3n) is 2.00. The van der Waals surface area contributed by atoms with Crippen molar-refractivity contribution in [3.05, 3.63) is 28.2 Å². The molecular weight excluding hydrogens is 244 g/mol. The molecule has 1 aromatic carbocycles. The van der Waals surface area contributed by atoms with Crippen molar-refractivity contribution < 1.29 is 5.11 Å². The van der Waals surface area contributed by atoms with E-state index in [1.165, 1.54) is 0 Å². The molecular formula is C10H15BrN2O. The van der Waals surface area contributed by atoms with Crippen molar-refractivity contribution in [2.45, 2.75) is 13.0 Å². The quantitative estimate of drug-likeness (QED) is 0.721. The molecule has 4 N–H and O–H groups in total. The number of anilines is 1. The molecule has 0 aromatic heterocycles. The molecule has 14 heavy (non-hydrogen) atoms. The molecule has 0 aliphatic heterocycles. The third kappa shape index (κ3) is 2.97. The van der Waals surface area contributed by atoms with Crippen LogP contribution in [0.5, 0.6) is 0 Å². The molecule has 0 heterocycles. The molecule has 0 aliphatic carbocycles. The van der Waals surface area contributed by atoms with E-state index in [2.05, 4.69) is 21.2 Å². The van der Waals surface area contributed by atoms with Gasteiger partial charge in [-0.15, -0.1) is 0 Å². The lowest BCUT2D eigenvalue weighted by Crippen LogP contribution is -2.20. The topological polar surface area (TPSA) is 58.3 Å². The molecule has 0 bridgehead atoms. The van der Waals surface area contributed by atoms with Crippen LogP contribution in [0.15, 0.2) is 22.7 Å². The molecule has 0 aliphatic rings. The first-order valence-corrected chi connectivity index (χ1v) is 5.38. The van der Waals surface area contributed by atoms with Crippen LogP contribution in [0.25, 0.3) is 0 Å². The molecule has 0 radical (unpaired) electrons. The molecule has 1 atom stereocenters. The highest BCUT2D eigenvalue weighted by Gasteiger charge is 2.07. The number of aliphatic hydroxyl groups excluding tert-OH is 1. The van der Waals surface area contributed by atoms with E-state index >= 15 is 0 Å². The second-order valence-electron chi connectivity index (χ2n) is 3.10. The molecule has 1 unspecified atom stereocenters. The van der Waals surface area contributed by atoms with Gasteiger partial charge < -0.3 is 16.2 Å². The van der Waals surface area contributed by atoms with E-state index in [0.717, 1.165) is 16.6 Å². The van der Waals surface area contributed by atoms with Gasteiger partial charge in [0.05, 0.1) is 6.10 Å². The van der Waals surface area contributed by atoms with Crippen molar-refractivity contribution in [1.29, 1.82) is 0 Å². The predicted octanol–water partition coefficient (Wildman–Crippen LogP) is 1.67. The van der Waals surface area contributed by atoms with Gasteiger partial charge in [0.25, 0.3) is 0 Å². The van der Waals surface area contributed by atoms with Gasteiger partial charge in [0.2, 0.25) is 0 Å². The zero-order valence-corrected chi connectivity index (χ0v) is 9.71. The number of nitrogen functional groups attached to an aromatic ring is 1. The maximum absolute atomic E-state index is 9.74. The van der Waals surface area contributed by atoms with Crippen molar-refractivity contribution in [1.82, 2.24) is 5.32 Å². The Morgan fingerprint density at radius 2 is 2.29 bits per heavy atom. The van der Waals surface area contributed by atoms with E-state index in [0.29, 0.717) is 12.2 Å². The summed E-state index contributed by atoms with van der Waals surface area (Å²) >= 11 is 3.33. The third-order valence-corrected chi connectivity index (χ3v) is 2.68. The minimum atomic E-state index is -0.480. The van der Waals surface area contributed by atoms with Crippen LogP contribution in [0.1, 0.15) is 18.6 Å². The minimum absolute atomic E-state index is 0.480. The Morgan fingerprint density at radius 1 is 1.57 bits per heavy atom. The lowest BCUT2D eigenvalue weighted by molar-refractivity contribution is 0.175. The largest absolute Gasteiger partial charge is 0.398 e. The van der Waals surface area contributed by atoms with Crippen LogP contribution in [0, 0.1) is 0 Å². The summed E-state index contributed by atoms with van der Waals surface area (Å²) in [5.74, 6) is 0. The Bertz CT molecular complexity index is 304. The second kappa shape index (κ2) is 5.34. The number of hydrogen-bond donors (Lipinski definition) is 3. The number of likely N-dealkylation sites (N-methyl/N-ethyl adjacent to an activating group) is 1. The van der Waals surface area contributed by atoms with Crippen LogP contribution in [0.2, 0.25) is 0 Å². The number of nitrogens with one attached hydrogen (secondary N) is 1. The van der Waals surface area contributed by atoms with Crippen molar-refractivity contribution in [2.24, 2.45) is 0 Å². The fraction of sp³-hybridized carbons (Fsp3) is 0.400. The smallest absolute Gasteiger partial charge is 0.0914 e. The zero-order valence-electron chi connectivity index (χ0n) is 8.13. The van der Waals surface area contributed by atoms with Crippen molar-refractivity contribution in [3.8, 4) is 0 Å². The predicted molar refractivity (Wildman–Crippen MR) is 62.1 cm³/mol. The monoisotopic (exact) mass is 258 g/mol. The van der Waals surface area contributed by atoms with Crippen molar-refractivity contribution in [2.75, 3.05) is 18.8 Å². The number of halogens is 1. The lowest BCUT2D eigenvalue weighted by Gasteiger charge is -2.12. The maximum atomic E-state index is 9.74. The highest BCUT2D eigenvalue weighted by Crippen LogP contribution is 2.23. The summed E-state index contributed by atoms with van der Waals surface area (Å²) in [5.41, 5.74) is 7.20. The Hall–Kier alpha value is -0.580. The normalized spacial score (nSPS) is 12.8. The minimum Gasteiger partial charge on any atom is -0.398 e. The summed E-state index contributed by atoms with van der Waals surface area (Å²) < 4.78 is 0.825. The van der Waals surface area contributed by atoms with E-state index in [-0.39, 0.29) is 0 Å². The molecule has 1 aromatic rings. The molecule has 0 amide bonds. The first-order valence-electron chi connectivity index (χ1n) is 4.59. The van der Waals surface area contributed by atoms with Gasteiger partial charge >= 0.3 is 0 Å². The van der Waals surface area contributed by atoms with Gasteiger partial charge in [-0.1, -0.05) is 13.0 Å². The van der Waals surface area contributed by atoms with Gasteiger partial charge in [0, 0.05) is 16.7 Å². The van der Waals surface area contributed by atoms with Gasteiger partial charge in [0.15, 0.2) is 0 Å². The van der Waals surface area contributed by atoms with Crippen molar-refractivity contribution in [3.63, 3.8) is 0 Å². The van der Waals surface area contributed by atoms with E-state index in [9.17, 15) is 5.11 Å². The van der Waals surface area contributed by atoms with E-state index in [1.807, 2.05) is 19.1 Å². The highest BCUT2D eigenvalue weighted by atomic mass is 79.9. The number of benzene rings is 1. The Morgan fingerprint density at radius 3 is 2.86 bits per heavy atom. The SMILES string of the molecule is CCNCC(O)c1ccc(N)c(Br)c1. The number of rotatable bonds is 4. The van der Waals surface area contributed by atoms with Gasteiger partial charge in [-0.05, 0) is 40.2 Å². The summed E-state index contributed by atoms with van der Waals surface area (Å²) in [5, 5.41) is 12.8. The van der Waals surface area contributed by atoms with Gasteiger partial charge in [-0.3, -0.25) is 0 Å². The maximum Gasteiger partial charge on any atom is 0.0914 e. The second-order valence-corrected chi connectivity index (χ2v) is 3.96. The standard InChI is InChI=1S/C10H15BrN2O/c1-2-13-6-10(14)7-3-4-9(12)8(11)5-7/h3-5,10,13-14H,2,6,12H2,1H3. The van der Waals surface area contributed by atoms with Gasteiger partial charge in [-0.2, -0.15) is 0 Å². The average molecular weight is 259 g/mol. The first-order chi connectivity index (χ1) is 6.65. The van der Waals surface area contributed by atoms with Crippen molar-refractivity contribution >= 4 is 21.6 Å². The van der Waals surface area contributed by atoms with Crippen LogP contribution in [-0.2, 0) is 0 Å². The van der Waals surface area contributed by atoms with Crippen LogP contribution < -0.4 is 11.1 Å². The van der Waals surface area contributed by atoms with Crippen LogP contribution in [0.3, 0.4) is 0 Å². The summed E-state index contributed by atoms with van der Waals surface area (Å²) in [6, 6.07) is 5.47. The fourth-order valence-electron chi connectivity index (χ4n) is 1.15. The molecule has 0 fully saturated rings. The van der Waals surface area contributed by atoms with E-state index in [1.54, 1.807) is 6.07 Å². The summed E-state index contributed by atoms with van der Waals surface area (Å²) in [7, 11) is 0. The Labute approximate surface area is 92.4 Å². The Kier molecular flexibility index (Phi) is 4.38. The van der Waals surface area contributed by atoms with Crippen LogP contribution in [-0.4, -0.2) is 18.2 Å². The first kappa shape index (κ1) is 11.5. The Balaban J connectivity index is 2.70. The number of nitrogens with two attached hydrogens (primary N) is 1. The molecule has 1 rings (SSSR count). The van der Waals surface area contributed by atoms with Crippen LogP contribution in [0.4, 0.5) is 5.69 Å². The zero-order chi connectivity index (χ0) is 10.6. The van der Waals surface area contributed by atoms with Crippen LogP contribution >= 0.6 is 15.9 Å². The lowest BCUT2D eigenvalue weighted by atomic mass is 10.1. The molecule has 0 spiro atoms. The molecule has 3 nitrogen and oxygen atoms in total.